The Bertz CT molecular complexity index is 1190. The van der Waals surface area contributed by atoms with Crippen LogP contribution in [-0.2, 0) is 9.47 Å². The number of hydrogen-bond donors (Lipinski definition) is 1. The number of nitrogens with zero attached hydrogens (tertiary/aromatic N) is 5. The summed E-state index contributed by atoms with van der Waals surface area (Å²) in [7, 11) is 0. The number of carbonyl (C=O) groups is 1. The van der Waals surface area contributed by atoms with Gasteiger partial charge in [0, 0.05) is 17.8 Å². The molecule has 1 N–H and O–H groups in total. The summed E-state index contributed by atoms with van der Waals surface area (Å²) in [5.41, 5.74) is 1.03. The summed E-state index contributed by atoms with van der Waals surface area (Å²) in [6.45, 7) is 9.52. The first-order valence-electron chi connectivity index (χ1n) is 11.3. The van der Waals surface area contributed by atoms with E-state index in [1.165, 1.54) is 17.0 Å². The maximum Gasteiger partial charge on any atom is 0.416 e. The molecule has 9 nitrogen and oxygen atoms in total. The molecular weight excluding hydrogens is 458 g/mol. The minimum atomic E-state index is -0.797. The Morgan fingerprint density at radius 1 is 1.17 bits per heavy atom. The van der Waals surface area contributed by atoms with E-state index in [2.05, 4.69) is 20.4 Å². The zero-order valence-corrected chi connectivity index (χ0v) is 20.2. The number of rotatable bonds is 7. The minimum absolute atomic E-state index is 0.00451. The number of anilines is 2. The molecule has 1 saturated heterocycles. The Morgan fingerprint density at radius 2 is 1.89 bits per heavy atom. The fourth-order valence-electron chi connectivity index (χ4n) is 3.85. The molecule has 186 valence electrons. The second-order valence-electron chi connectivity index (χ2n) is 9.38. The number of benzene rings is 1. The highest BCUT2D eigenvalue weighted by Crippen LogP contribution is 2.28. The van der Waals surface area contributed by atoms with Gasteiger partial charge in [0.15, 0.2) is 0 Å². The summed E-state index contributed by atoms with van der Waals surface area (Å²) in [4.78, 5) is 22.0. The number of hydrogen-bond acceptors (Lipinski definition) is 7. The summed E-state index contributed by atoms with van der Waals surface area (Å²) in [5, 5.41) is 7.35. The largest absolute Gasteiger partial charge is 0.447 e. The molecule has 0 saturated carbocycles. The highest BCUT2D eigenvalue weighted by molar-refractivity contribution is 5.89. The van der Waals surface area contributed by atoms with Crippen LogP contribution in [0.1, 0.15) is 46.2 Å². The fourth-order valence-corrected chi connectivity index (χ4v) is 3.85. The number of amides is 1. The lowest BCUT2D eigenvalue weighted by molar-refractivity contribution is -0.0618. The van der Waals surface area contributed by atoms with Gasteiger partial charge in [0.2, 0.25) is 11.9 Å². The molecule has 0 radical (unpaired) electrons. The average Bonchev–Trinajstić information content (AvgIpc) is 3.40. The van der Waals surface area contributed by atoms with Crippen molar-refractivity contribution in [2.75, 3.05) is 16.8 Å². The first-order valence-corrected chi connectivity index (χ1v) is 11.3. The molecular formula is C24H28F2N6O3. The van der Waals surface area contributed by atoms with E-state index in [-0.39, 0.29) is 36.3 Å². The highest BCUT2D eigenvalue weighted by Gasteiger charge is 2.40. The first kappa shape index (κ1) is 24.5. The SMILES string of the molecule is C[C@H](Nc1nc(F)cc(N2C(=O)OC[C@@H]2[C@@H](C)OC(C)(C)C)n1)c1cnn(-c2ccc(F)cc2)c1. The summed E-state index contributed by atoms with van der Waals surface area (Å²) in [6, 6.07) is 6.20. The number of halogens is 2. The molecule has 0 unspecified atom stereocenters. The predicted octanol–water partition coefficient (Wildman–Crippen LogP) is 4.64. The van der Waals surface area contributed by atoms with Crippen LogP contribution in [0.5, 0.6) is 0 Å². The van der Waals surface area contributed by atoms with E-state index in [0.717, 1.165) is 11.6 Å². The molecule has 2 aromatic heterocycles. The lowest BCUT2D eigenvalue weighted by Crippen LogP contribution is -2.45. The van der Waals surface area contributed by atoms with Gasteiger partial charge >= 0.3 is 6.09 Å². The number of aromatic nitrogens is 4. The van der Waals surface area contributed by atoms with Crippen molar-refractivity contribution in [3.63, 3.8) is 0 Å². The Balaban J connectivity index is 1.53. The highest BCUT2D eigenvalue weighted by atomic mass is 19.1. The monoisotopic (exact) mass is 486 g/mol. The van der Waals surface area contributed by atoms with Crippen LogP contribution in [0.4, 0.5) is 25.3 Å². The summed E-state index contributed by atoms with van der Waals surface area (Å²) >= 11 is 0. The molecule has 35 heavy (non-hydrogen) atoms. The van der Waals surface area contributed by atoms with Crippen LogP contribution in [0.3, 0.4) is 0 Å². The van der Waals surface area contributed by atoms with Crippen LogP contribution in [0.2, 0.25) is 0 Å². The molecule has 1 fully saturated rings. The maximum absolute atomic E-state index is 14.5. The van der Waals surface area contributed by atoms with E-state index in [1.807, 2.05) is 34.6 Å². The van der Waals surface area contributed by atoms with E-state index < -0.39 is 23.7 Å². The van der Waals surface area contributed by atoms with Gasteiger partial charge in [-0.15, -0.1) is 0 Å². The fraction of sp³-hybridized carbons (Fsp3) is 0.417. The van der Waals surface area contributed by atoms with Gasteiger partial charge < -0.3 is 14.8 Å². The van der Waals surface area contributed by atoms with Crippen LogP contribution < -0.4 is 10.2 Å². The third-order valence-corrected chi connectivity index (χ3v) is 5.45. The minimum Gasteiger partial charge on any atom is -0.447 e. The van der Waals surface area contributed by atoms with Crippen molar-refractivity contribution in [1.29, 1.82) is 0 Å². The van der Waals surface area contributed by atoms with Gasteiger partial charge in [-0.05, 0) is 58.9 Å². The molecule has 4 rings (SSSR count). The third-order valence-electron chi connectivity index (χ3n) is 5.45. The van der Waals surface area contributed by atoms with Crippen LogP contribution in [-0.4, -0.2) is 50.2 Å². The molecule has 1 amide bonds. The second kappa shape index (κ2) is 9.57. The Labute approximate surface area is 202 Å². The Hall–Kier alpha value is -3.60. The number of ether oxygens (including phenoxy) is 2. The molecule has 3 atom stereocenters. The van der Waals surface area contributed by atoms with Gasteiger partial charge in [0.1, 0.15) is 24.3 Å². The smallest absolute Gasteiger partial charge is 0.416 e. The van der Waals surface area contributed by atoms with Crippen molar-refractivity contribution >= 4 is 17.9 Å². The maximum atomic E-state index is 14.5. The summed E-state index contributed by atoms with van der Waals surface area (Å²) in [5.74, 6) is -1.05. The lowest BCUT2D eigenvalue weighted by atomic mass is 10.1. The van der Waals surface area contributed by atoms with Crippen molar-refractivity contribution in [1.82, 2.24) is 19.7 Å². The van der Waals surface area contributed by atoms with E-state index in [4.69, 9.17) is 9.47 Å². The van der Waals surface area contributed by atoms with E-state index in [9.17, 15) is 13.6 Å². The normalized spacial score (nSPS) is 17.9. The van der Waals surface area contributed by atoms with Gasteiger partial charge in [0.05, 0.1) is 29.6 Å². The zero-order chi connectivity index (χ0) is 25.3. The molecule has 0 bridgehead atoms. The average molecular weight is 487 g/mol. The van der Waals surface area contributed by atoms with Gasteiger partial charge in [-0.1, -0.05) is 0 Å². The molecule has 1 aromatic carbocycles. The third kappa shape index (κ3) is 5.73. The van der Waals surface area contributed by atoms with Gasteiger partial charge in [-0.2, -0.15) is 19.5 Å². The molecule has 11 heteroatoms. The molecule has 0 aliphatic carbocycles. The zero-order valence-electron chi connectivity index (χ0n) is 20.2. The lowest BCUT2D eigenvalue weighted by Gasteiger charge is -2.31. The summed E-state index contributed by atoms with van der Waals surface area (Å²) in [6.07, 6.45) is 2.40. The Kier molecular flexibility index (Phi) is 6.70. The second-order valence-corrected chi connectivity index (χ2v) is 9.38. The quantitative estimate of drug-likeness (QED) is 0.486. The van der Waals surface area contributed by atoms with Gasteiger partial charge in [-0.25, -0.2) is 13.9 Å². The molecule has 1 aliphatic rings. The number of carbonyl (C=O) groups excluding carboxylic acids is 1. The van der Waals surface area contributed by atoms with Crippen LogP contribution in [0, 0.1) is 11.8 Å². The van der Waals surface area contributed by atoms with E-state index in [1.54, 1.807) is 29.2 Å². The van der Waals surface area contributed by atoms with Crippen LogP contribution >= 0.6 is 0 Å². The predicted molar refractivity (Wildman–Crippen MR) is 125 cm³/mol. The summed E-state index contributed by atoms with van der Waals surface area (Å²) < 4.78 is 40.5. The van der Waals surface area contributed by atoms with E-state index in [0.29, 0.717) is 5.69 Å². The topological polar surface area (TPSA) is 94.4 Å². The van der Waals surface area contributed by atoms with Crippen molar-refractivity contribution in [2.24, 2.45) is 0 Å². The molecule has 3 aromatic rings. The van der Waals surface area contributed by atoms with Crippen LogP contribution in [0.25, 0.3) is 5.69 Å². The van der Waals surface area contributed by atoms with Crippen molar-refractivity contribution in [2.45, 2.75) is 58.4 Å². The molecule has 0 spiro atoms. The van der Waals surface area contributed by atoms with Crippen molar-refractivity contribution < 1.29 is 23.0 Å². The van der Waals surface area contributed by atoms with E-state index >= 15 is 0 Å². The molecule has 3 heterocycles. The van der Waals surface area contributed by atoms with Crippen molar-refractivity contribution in [3.05, 3.63) is 60.1 Å². The van der Waals surface area contributed by atoms with Gasteiger partial charge in [-0.3, -0.25) is 4.90 Å². The molecule has 1 aliphatic heterocycles. The Morgan fingerprint density at radius 3 is 2.57 bits per heavy atom. The standard InChI is InChI=1S/C24H28F2N6O3/c1-14(16-11-27-31(12-16)18-8-6-17(25)7-9-18)28-22-29-20(26)10-21(30-22)32-19(13-34-23(32)33)15(2)35-24(3,4)5/h6-12,14-15,19H,13H2,1-5H3,(H,28,29,30)/t14-,15+,19+/m0/s1. The number of cyclic esters (lactones) is 1. The number of nitrogens with one attached hydrogen (secondary N) is 1. The van der Waals surface area contributed by atoms with Crippen LogP contribution in [0.15, 0.2) is 42.7 Å². The van der Waals surface area contributed by atoms with Crippen molar-refractivity contribution in [3.8, 4) is 5.69 Å². The first-order chi connectivity index (χ1) is 16.5. The van der Waals surface area contributed by atoms with Gasteiger partial charge in [0.25, 0.3) is 0 Å².